The second-order valence-electron chi connectivity index (χ2n) is 5.37. The van der Waals surface area contributed by atoms with E-state index in [1.165, 1.54) is 62.7 Å². The van der Waals surface area contributed by atoms with Gasteiger partial charge in [0.15, 0.2) is 5.13 Å². The van der Waals surface area contributed by atoms with Crippen molar-refractivity contribution < 1.29 is 0 Å². The molecule has 4 nitrogen and oxygen atoms in total. The summed E-state index contributed by atoms with van der Waals surface area (Å²) in [5.41, 5.74) is 6.55. The van der Waals surface area contributed by atoms with Crippen molar-refractivity contribution in [3.63, 3.8) is 0 Å². The van der Waals surface area contributed by atoms with Crippen molar-refractivity contribution in [3.05, 3.63) is 12.0 Å². The quantitative estimate of drug-likeness (QED) is 0.858. The highest BCUT2D eigenvalue weighted by molar-refractivity contribution is 7.21. The van der Waals surface area contributed by atoms with Gasteiger partial charge in [-0.3, -0.25) is 0 Å². The summed E-state index contributed by atoms with van der Waals surface area (Å²) in [6, 6.07) is 0. The standard InChI is InChI=1S/C14H20N4S/c15-14-17-11-9-16-12(18-13(11)19-14)10-7-5-3-1-2-4-6-8-10/h9-10H,1-8H2,(H2,15,17). The number of hydrogen-bond acceptors (Lipinski definition) is 5. The van der Waals surface area contributed by atoms with E-state index in [1.807, 2.05) is 6.20 Å². The summed E-state index contributed by atoms with van der Waals surface area (Å²) >= 11 is 1.46. The molecular formula is C14H20N4S. The van der Waals surface area contributed by atoms with Gasteiger partial charge in [-0.25, -0.2) is 15.0 Å². The van der Waals surface area contributed by atoms with Crippen molar-refractivity contribution in [2.45, 2.75) is 57.3 Å². The summed E-state index contributed by atoms with van der Waals surface area (Å²) in [7, 11) is 0. The van der Waals surface area contributed by atoms with Crippen molar-refractivity contribution in [2.24, 2.45) is 0 Å². The lowest BCUT2D eigenvalue weighted by Crippen LogP contribution is -2.04. The Kier molecular flexibility index (Phi) is 3.92. The van der Waals surface area contributed by atoms with Gasteiger partial charge in [0.25, 0.3) is 0 Å². The molecule has 2 heterocycles. The first-order valence-corrected chi connectivity index (χ1v) is 8.03. The van der Waals surface area contributed by atoms with Gasteiger partial charge in [-0.15, -0.1) is 0 Å². The zero-order valence-corrected chi connectivity index (χ0v) is 12.0. The topological polar surface area (TPSA) is 64.7 Å². The molecule has 19 heavy (non-hydrogen) atoms. The van der Waals surface area contributed by atoms with Crippen LogP contribution in [0.4, 0.5) is 5.13 Å². The van der Waals surface area contributed by atoms with Crippen LogP contribution in [0.2, 0.25) is 0 Å². The molecule has 2 N–H and O–H groups in total. The fourth-order valence-corrected chi connectivity index (χ4v) is 3.54. The molecule has 1 aliphatic carbocycles. The van der Waals surface area contributed by atoms with Gasteiger partial charge in [-0.1, -0.05) is 49.9 Å². The predicted molar refractivity (Wildman–Crippen MR) is 79.3 cm³/mol. The van der Waals surface area contributed by atoms with E-state index in [9.17, 15) is 0 Å². The zero-order chi connectivity index (χ0) is 13.1. The number of fused-ring (bicyclic) bond motifs is 1. The van der Waals surface area contributed by atoms with Gasteiger partial charge in [-0.2, -0.15) is 0 Å². The third-order valence-electron chi connectivity index (χ3n) is 3.91. The Labute approximate surface area is 117 Å². The Morgan fingerprint density at radius 1 is 1.00 bits per heavy atom. The van der Waals surface area contributed by atoms with Gasteiger partial charge in [0.05, 0.1) is 6.20 Å². The van der Waals surface area contributed by atoms with Gasteiger partial charge in [-0.05, 0) is 12.8 Å². The number of aromatic nitrogens is 3. The Hall–Kier alpha value is -1.23. The molecule has 0 radical (unpaired) electrons. The van der Waals surface area contributed by atoms with Crippen LogP contribution in [-0.4, -0.2) is 15.0 Å². The summed E-state index contributed by atoms with van der Waals surface area (Å²) in [6.45, 7) is 0. The first-order valence-electron chi connectivity index (χ1n) is 7.22. The first kappa shape index (κ1) is 12.8. The molecule has 3 rings (SSSR count). The summed E-state index contributed by atoms with van der Waals surface area (Å²) in [5.74, 6) is 1.52. The predicted octanol–water partition coefficient (Wildman–Crippen LogP) is 3.89. The van der Waals surface area contributed by atoms with Crippen LogP contribution < -0.4 is 5.73 Å². The van der Waals surface area contributed by atoms with E-state index in [2.05, 4.69) is 15.0 Å². The maximum atomic E-state index is 5.73. The fraction of sp³-hybridized carbons (Fsp3) is 0.643. The van der Waals surface area contributed by atoms with Crippen LogP contribution in [0.25, 0.3) is 10.3 Å². The Balaban J connectivity index is 1.83. The molecule has 0 aliphatic heterocycles. The van der Waals surface area contributed by atoms with E-state index in [0.29, 0.717) is 11.0 Å². The van der Waals surface area contributed by atoms with Crippen molar-refractivity contribution >= 4 is 26.8 Å². The molecule has 1 aliphatic rings. The highest BCUT2D eigenvalue weighted by atomic mass is 32.1. The molecule has 2 aromatic rings. The average molecular weight is 276 g/mol. The summed E-state index contributed by atoms with van der Waals surface area (Å²) in [4.78, 5) is 14.4. The molecule has 0 aromatic carbocycles. The fourth-order valence-electron chi connectivity index (χ4n) is 2.85. The van der Waals surface area contributed by atoms with Crippen molar-refractivity contribution in [1.82, 2.24) is 15.0 Å². The normalized spacial score (nSPS) is 18.9. The Morgan fingerprint density at radius 2 is 1.68 bits per heavy atom. The molecular weight excluding hydrogens is 256 g/mol. The largest absolute Gasteiger partial charge is 0.375 e. The van der Waals surface area contributed by atoms with E-state index in [-0.39, 0.29) is 0 Å². The number of rotatable bonds is 1. The highest BCUT2D eigenvalue weighted by Gasteiger charge is 2.17. The van der Waals surface area contributed by atoms with Gasteiger partial charge in [0.2, 0.25) is 0 Å². The first-order chi connectivity index (χ1) is 9.33. The van der Waals surface area contributed by atoms with Crippen LogP contribution in [0.1, 0.15) is 63.1 Å². The molecule has 0 spiro atoms. The lowest BCUT2D eigenvalue weighted by Gasteiger charge is -2.13. The minimum Gasteiger partial charge on any atom is -0.375 e. The maximum absolute atomic E-state index is 5.73. The molecule has 0 unspecified atom stereocenters. The molecule has 102 valence electrons. The number of thiazole rings is 1. The average Bonchev–Trinajstić information content (AvgIpc) is 2.82. The summed E-state index contributed by atoms with van der Waals surface area (Å²) < 4.78 is 0. The molecule has 0 atom stereocenters. The molecule has 5 heteroatoms. The van der Waals surface area contributed by atoms with Crippen LogP contribution in [0.3, 0.4) is 0 Å². The smallest absolute Gasteiger partial charge is 0.182 e. The summed E-state index contributed by atoms with van der Waals surface area (Å²) in [5, 5.41) is 0.580. The molecule has 0 bridgehead atoms. The minimum atomic E-state index is 0.519. The molecule has 0 amide bonds. The molecule has 2 aromatic heterocycles. The van der Waals surface area contributed by atoms with Crippen LogP contribution in [0.15, 0.2) is 6.20 Å². The number of hydrogen-bond donors (Lipinski definition) is 1. The van der Waals surface area contributed by atoms with Gasteiger partial charge in [0, 0.05) is 5.92 Å². The van der Waals surface area contributed by atoms with Crippen LogP contribution >= 0.6 is 11.3 Å². The highest BCUT2D eigenvalue weighted by Crippen LogP contribution is 2.30. The monoisotopic (exact) mass is 276 g/mol. The number of nitrogens with zero attached hydrogens (tertiary/aromatic N) is 3. The van der Waals surface area contributed by atoms with Gasteiger partial charge >= 0.3 is 0 Å². The molecule has 1 saturated carbocycles. The Morgan fingerprint density at radius 3 is 2.42 bits per heavy atom. The number of anilines is 1. The van der Waals surface area contributed by atoms with E-state index in [1.54, 1.807) is 0 Å². The summed E-state index contributed by atoms with van der Waals surface area (Å²) in [6.07, 6.45) is 12.4. The van der Waals surface area contributed by atoms with Crippen LogP contribution in [0, 0.1) is 0 Å². The second kappa shape index (κ2) is 5.82. The maximum Gasteiger partial charge on any atom is 0.182 e. The van der Waals surface area contributed by atoms with Crippen LogP contribution in [-0.2, 0) is 0 Å². The van der Waals surface area contributed by atoms with E-state index in [0.717, 1.165) is 16.2 Å². The van der Waals surface area contributed by atoms with E-state index in [4.69, 9.17) is 5.73 Å². The van der Waals surface area contributed by atoms with Gasteiger partial charge < -0.3 is 5.73 Å². The lowest BCUT2D eigenvalue weighted by atomic mass is 9.96. The van der Waals surface area contributed by atoms with E-state index < -0.39 is 0 Å². The van der Waals surface area contributed by atoms with E-state index >= 15 is 0 Å². The lowest BCUT2D eigenvalue weighted by molar-refractivity contribution is 0.517. The SMILES string of the molecule is Nc1nc2cnc(C3CCCCCCCC3)nc2s1. The minimum absolute atomic E-state index is 0.519. The zero-order valence-electron chi connectivity index (χ0n) is 11.1. The van der Waals surface area contributed by atoms with Gasteiger partial charge in [0.1, 0.15) is 16.2 Å². The molecule has 1 fully saturated rings. The van der Waals surface area contributed by atoms with Crippen molar-refractivity contribution in [1.29, 1.82) is 0 Å². The third kappa shape index (κ3) is 3.03. The molecule has 0 saturated heterocycles. The Bertz CT molecular complexity index is 541. The third-order valence-corrected chi connectivity index (χ3v) is 4.70. The second-order valence-corrected chi connectivity index (χ2v) is 6.38. The van der Waals surface area contributed by atoms with Crippen LogP contribution in [0.5, 0.6) is 0 Å². The van der Waals surface area contributed by atoms with Crippen molar-refractivity contribution in [3.8, 4) is 0 Å². The number of nitrogen functional groups attached to an aromatic ring is 1. The number of nitrogens with two attached hydrogens (primary N) is 1. The van der Waals surface area contributed by atoms with Crippen molar-refractivity contribution in [2.75, 3.05) is 5.73 Å².